The third-order valence-corrected chi connectivity index (χ3v) is 7.12. The summed E-state index contributed by atoms with van der Waals surface area (Å²) in [5.41, 5.74) is 1.58. The highest BCUT2D eigenvalue weighted by Crippen LogP contribution is 2.27. The Morgan fingerprint density at radius 1 is 1.40 bits per heavy atom. The Hall–Kier alpha value is -1.41. The van der Waals surface area contributed by atoms with Crippen LogP contribution in [0.4, 0.5) is 0 Å². The summed E-state index contributed by atoms with van der Waals surface area (Å²) < 4.78 is 28.5. The van der Waals surface area contributed by atoms with Crippen LogP contribution in [-0.4, -0.2) is 55.9 Å². The number of ether oxygens (including phenoxy) is 1. The van der Waals surface area contributed by atoms with Gasteiger partial charge in [-0.3, -0.25) is 9.59 Å². The van der Waals surface area contributed by atoms with Crippen molar-refractivity contribution in [2.75, 3.05) is 26.0 Å². The van der Waals surface area contributed by atoms with Crippen LogP contribution in [0.3, 0.4) is 0 Å². The molecule has 0 spiro atoms. The zero-order chi connectivity index (χ0) is 18.8. The Labute approximate surface area is 156 Å². The maximum atomic E-state index is 12.6. The van der Waals surface area contributed by atoms with Gasteiger partial charge in [-0.2, -0.15) is 0 Å². The van der Waals surface area contributed by atoms with Crippen LogP contribution in [0.5, 0.6) is 0 Å². The number of benzene rings is 1. The van der Waals surface area contributed by atoms with Gasteiger partial charge < -0.3 is 9.64 Å². The Balaban J connectivity index is 2.18. The molecule has 1 heterocycles. The van der Waals surface area contributed by atoms with E-state index in [4.69, 9.17) is 4.74 Å². The molecule has 0 saturated carbocycles. The average molecular weight is 432 g/mol. The first-order valence-electron chi connectivity index (χ1n) is 8.04. The van der Waals surface area contributed by atoms with E-state index in [1.807, 2.05) is 6.07 Å². The Bertz CT molecular complexity index is 792. The van der Waals surface area contributed by atoms with Gasteiger partial charge in [0.15, 0.2) is 14.6 Å². The molecule has 0 aromatic heterocycles. The number of rotatable bonds is 6. The van der Waals surface area contributed by atoms with Gasteiger partial charge in [-0.05, 0) is 50.5 Å². The molecule has 1 unspecified atom stereocenters. The van der Waals surface area contributed by atoms with Crippen LogP contribution >= 0.6 is 15.9 Å². The van der Waals surface area contributed by atoms with E-state index in [9.17, 15) is 18.0 Å². The molecular formula is C17H22BrNO5S. The number of carbonyl (C=O) groups is 2. The molecule has 2 rings (SSSR count). The summed E-state index contributed by atoms with van der Waals surface area (Å²) in [6.45, 7) is 3.76. The molecule has 1 aliphatic rings. The minimum absolute atomic E-state index is 0.00225. The quantitative estimate of drug-likeness (QED) is 0.644. The molecule has 1 aromatic rings. The molecule has 1 amide bonds. The lowest BCUT2D eigenvalue weighted by molar-refractivity contribution is -0.146. The van der Waals surface area contributed by atoms with Gasteiger partial charge in [0.05, 0.1) is 6.61 Å². The summed E-state index contributed by atoms with van der Waals surface area (Å²) in [5, 5.41) is 0. The zero-order valence-corrected chi connectivity index (χ0v) is 16.9. The summed E-state index contributed by atoms with van der Waals surface area (Å²) >= 11 is 3.39. The van der Waals surface area contributed by atoms with Crippen LogP contribution in [0.25, 0.3) is 0 Å². The van der Waals surface area contributed by atoms with Crippen LogP contribution in [0.1, 0.15) is 36.2 Å². The molecule has 1 aromatic carbocycles. The van der Waals surface area contributed by atoms with E-state index >= 15 is 0 Å². The summed E-state index contributed by atoms with van der Waals surface area (Å²) in [6, 6.07) is 5.48. The van der Waals surface area contributed by atoms with E-state index < -0.39 is 20.6 Å². The number of halogens is 1. The SMILES string of the molecule is CCOC(=O)C(C)(CCN1CCc2cc(Br)ccc2C1=O)S(C)(=O)=O. The average Bonchev–Trinajstić information content (AvgIpc) is 2.53. The Morgan fingerprint density at radius 2 is 2.08 bits per heavy atom. The molecule has 0 fully saturated rings. The highest BCUT2D eigenvalue weighted by Gasteiger charge is 2.45. The van der Waals surface area contributed by atoms with E-state index in [1.54, 1.807) is 24.0 Å². The molecule has 0 aliphatic carbocycles. The maximum Gasteiger partial charge on any atom is 0.327 e. The van der Waals surface area contributed by atoms with Crippen molar-refractivity contribution in [2.45, 2.75) is 31.4 Å². The largest absolute Gasteiger partial charge is 0.465 e. The minimum atomic E-state index is -3.69. The second kappa shape index (κ2) is 7.45. The van der Waals surface area contributed by atoms with Crippen LogP contribution < -0.4 is 0 Å². The first kappa shape index (κ1) is 19.9. The summed E-state index contributed by atoms with van der Waals surface area (Å²) in [7, 11) is -3.69. The van der Waals surface area contributed by atoms with Gasteiger partial charge in [0.25, 0.3) is 5.91 Å². The van der Waals surface area contributed by atoms with Gasteiger partial charge in [-0.25, -0.2) is 8.42 Å². The fraction of sp³-hybridized carbons (Fsp3) is 0.529. The predicted molar refractivity (Wildman–Crippen MR) is 98.2 cm³/mol. The molecule has 1 aliphatic heterocycles. The molecule has 8 heteroatoms. The molecule has 25 heavy (non-hydrogen) atoms. The van der Waals surface area contributed by atoms with Gasteiger partial charge in [0.1, 0.15) is 0 Å². The summed E-state index contributed by atoms with van der Waals surface area (Å²) in [5.74, 6) is -0.917. The Morgan fingerprint density at radius 3 is 2.68 bits per heavy atom. The molecule has 6 nitrogen and oxygen atoms in total. The van der Waals surface area contributed by atoms with Gasteiger partial charge in [-0.1, -0.05) is 15.9 Å². The monoisotopic (exact) mass is 431 g/mol. The van der Waals surface area contributed by atoms with Crippen molar-refractivity contribution in [3.05, 3.63) is 33.8 Å². The highest BCUT2D eigenvalue weighted by molar-refractivity contribution is 9.10. The third kappa shape index (κ3) is 4.06. The number of hydrogen-bond donors (Lipinski definition) is 0. The summed E-state index contributed by atoms with van der Waals surface area (Å²) in [6.07, 6.45) is 1.71. The smallest absolute Gasteiger partial charge is 0.327 e. The van der Waals surface area contributed by atoms with Gasteiger partial charge >= 0.3 is 5.97 Å². The molecule has 138 valence electrons. The normalized spacial score (nSPS) is 17.0. The lowest BCUT2D eigenvalue weighted by atomic mass is 9.98. The minimum Gasteiger partial charge on any atom is -0.465 e. The fourth-order valence-electron chi connectivity index (χ4n) is 2.79. The van der Waals surface area contributed by atoms with Gasteiger partial charge in [0, 0.05) is 29.4 Å². The number of fused-ring (bicyclic) bond motifs is 1. The highest BCUT2D eigenvalue weighted by atomic mass is 79.9. The second-order valence-corrected chi connectivity index (χ2v) is 9.68. The maximum absolute atomic E-state index is 12.6. The van der Waals surface area contributed by atoms with Gasteiger partial charge in [0.2, 0.25) is 0 Å². The van der Waals surface area contributed by atoms with Crippen molar-refractivity contribution in [3.8, 4) is 0 Å². The molecule has 0 saturated heterocycles. The first-order valence-corrected chi connectivity index (χ1v) is 10.7. The van der Waals surface area contributed by atoms with Crippen molar-refractivity contribution in [3.63, 3.8) is 0 Å². The number of carbonyl (C=O) groups excluding carboxylic acids is 2. The van der Waals surface area contributed by atoms with Crippen molar-refractivity contribution in [1.82, 2.24) is 4.90 Å². The second-order valence-electron chi connectivity index (χ2n) is 6.32. The van der Waals surface area contributed by atoms with Crippen molar-refractivity contribution < 1.29 is 22.7 Å². The predicted octanol–water partition coefficient (Wildman–Crippen LogP) is 2.20. The van der Waals surface area contributed by atoms with Crippen molar-refractivity contribution in [2.24, 2.45) is 0 Å². The molecule has 0 radical (unpaired) electrons. The number of hydrogen-bond acceptors (Lipinski definition) is 5. The first-order chi connectivity index (χ1) is 11.6. The standard InChI is InChI=1S/C17H22BrNO5S/c1-4-24-16(21)17(2,25(3,22)23)8-10-19-9-7-12-11-13(18)5-6-14(12)15(19)20/h5-6,11H,4,7-10H2,1-3H3. The fourth-order valence-corrected chi connectivity index (χ4v) is 4.02. The van der Waals surface area contributed by atoms with E-state index in [2.05, 4.69) is 15.9 Å². The summed E-state index contributed by atoms with van der Waals surface area (Å²) in [4.78, 5) is 26.4. The van der Waals surface area contributed by atoms with Crippen LogP contribution in [0.2, 0.25) is 0 Å². The lowest BCUT2D eigenvalue weighted by Crippen LogP contribution is -2.48. The third-order valence-electron chi connectivity index (χ3n) is 4.62. The molecular weight excluding hydrogens is 410 g/mol. The topological polar surface area (TPSA) is 80.8 Å². The number of sulfone groups is 1. The van der Waals surface area contributed by atoms with Crippen molar-refractivity contribution >= 4 is 37.6 Å². The van der Waals surface area contributed by atoms with Crippen LogP contribution in [0.15, 0.2) is 22.7 Å². The van der Waals surface area contributed by atoms with E-state index in [0.29, 0.717) is 18.5 Å². The van der Waals surface area contributed by atoms with Crippen LogP contribution in [-0.2, 0) is 25.8 Å². The van der Waals surface area contributed by atoms with E-state index in [-0.39, 0.29) is 25.5 Å². The van der Waals surface area contributed by atoms with E-state index in [0.717, 1.165) is 16.3 Å². The molecule has 0 bridgehead atoms. The van der Waals surface area contributed by atoms with Gasteiger partial charge in [-0.15, -0.1) is 0 Å². The lowest BCUT2D eigenvalue weighted by Gasteiger charge is -2.32. The molecule has 1 atom stereocenters. The number of amides is 1. The Kier molecular flexibility index (Phi) is 5.93. The number of nitrogens with zero attached hydrogens (tertiary/aromatic N) is 1. The van der Waals surface area contributed by atoms with Crippen LogP contribution in [0, 0.1) is 0 Å². The van der Waals surface area contributed by atoms with Crippen molar-refractivity contribution in [1.29, 1.82) is 0 Å². The van der Waals surface area contributed by atoms with E-state index in [1.165, 1.54) is 6.92 Å². The molecule has 0 N–H and O–H groups in total. The number of esters is 1. The zero-order valence-electron chi connectivity index (χ0n) is 14.5.